The molecule has 0 amide bonds. The maximum atomic E-state index is 12.7. The Hall–Kier alpha value is -2.34. The molecule has 1 saturated heterocycles. The summed E-state index contributed by atoms with van der Waals surface area (Å²) in [5.74, 6) is -0.855. The lowest BCUT2D eigenvalue weighted by molar-refractivity contribution is -0.305. The maximum absolute atomic E-state index is 12.7. The van der Waals surface area contributed by atoms with Crippen LogP contribution in [-0.2, 0) is 28.5 Å². The molecule has 1 fully saturated rings. The van der Waals surface area contributed by atoms with Gasteiger partial charge < -0.3 is 39.4 Å². The largest absolute Gasteiger partial charge is 0.462 e. The lowest BCUT2D eigenvalue weighted by Gasteiger charge is -2.39. The number of aliphatic hydroxyl groups is 4. The second-order valence-corrected chi connectivity index (χ2v) is 15.5. The van der Waals surface area contributed by atoms with Crippen molar-refractivity contribution in [2.75, 3.05) is 19.8 Å². The van der Waals surface area contributed by atoms with E-state index in [1.54, 1.807) is 0 Å². The first kappa shape index (κ1) is 52.7. The van der Waals surface area contributed by atoms with Gasteiger partial charge in [0.2, 0.25) is 0 Å². The molecule has 1 aliphatic rings. The summed E-state index contributed by atoms with van der Waals surface area (Å²) in [5, 5.41) is 40.1. The number of hydrogen-bond acceptors (Lipinski definition) is 10. The lowest BCUT2D eigenvalue weighted by Crippen LogP contribution is -2.59. The molecular formula is C47H82O10. The van der Waals surface area contributed by atoms with Gasteiger partial charge in [-0.2, -0.15) is 0 Å². The molecular weight excluding hydrogens is 725 g/mol. The Kier molecular flexibility index (Phi) is 35.0. The van der Waals surface area contributed by atoms with Crippen LogP contribution in [0.1, 0.15) is 181 Å². The Labute approximate surface area is 346 Å². The zero-order valence-corrected chi connectivity index (χ0v) is 35.8. The van der Waals surface area contributed by atoms with Crippen molar-refractivity contribution >= 4 is 11.9 Å². The van der Waals surface area contributed by atoms with Gasteiger partial charge in [0.25, 0.3) is 0 Å². The van der Waals surface area contributed by atoms with E-state index < -0.39 is 55.4 Å². The number of hydrogen-bond donors (Lipinski definition) is 4. The lowest BCUT2D eigenvalue weighted by atomic mass is 9.99. The van der Waals surface area contributed by atoms with Crippen LogP contribution in [0.25, 0.3) is 0 Å². The van der Waals surface area contributed by atoms with Gasteiger partial charge in [-0.3, -0.25) is 9.59 Å². The molecule has 2 unspecified atom stereocenters. The molecule has 4 N–H and O–H groups in total. The Balaban J connectivity index is 2.36. The van der Waals surface area contributed by atoms with E-state index in [0.29, 0.717) is 12.8 Å². The molecule has 0 aromatic carbocycles. The standard InChI is InChI=1S/C47H82O10/c1-3-5-7-9-11-13-15-17-19-20-22-23-25-27-29-31-33-35-42(49)54-38-40(39-55-47-46(53)45(52)44(51)41(37-48)57-47)56-43(50)36-34-32-30-28-26-24-21-18-16-14-12-10-8-6-4-2/h11,13,17-19,21,26,28,40-41,44-48,51-53H,3-10,12,14-16,20,22-25,27,29-39H2,1-2H3/b13-11+,19-17+,21-18+,28-26+/t40-,41-,44+,45?,46?,47-/m0/s1. The van der Waals surface area contributed by atoms with Gasteiger partial charge in [0.1, 0.15) is 31.0 Å². The molecule has 330 valence electrons. The third kappa shape index (κ3) is 29.5. The van der Waals surface area contributed by atoms with Crippen molar-refractivity contribution in [3.63, 3.8) is 0 Å². The van der Waals surface area contributed by atoms with Crippen LogP contribution < -0.4 is 0 Å². The first-order chi connectivity index (χ1) is 27.8. The molecule has 0 saturated carbocycles. The quantitative estimate of drug-likeness (QED) is 0.0271. The smallest absolute Gasteiger partial charge is 0.306 e. The number of ether oxygens (including phenoxy) is 4. The Morgan fingerprint density at radius 1 is 0.544 bits per heavy atom. The van der Waals surface area contributed by atoms with Crippen LogP contribution in [-0.4, -0.2) is 89.0 Å². The van der Waals surface area contributed by atoms with Crippen molar-refractivity contribution in [1.82, 2.24) is 0 Å². The number of aliphatic hydroxyl groups excluding tert-OH is 4. The average Bonchev–Trinajstić information content (AvgIpc) is 3.21. The van der Waals surface area contributed by atoms with Gasteiger partial charge in [0.05, 0.1) is 13.2 Å². The van der Waals surface area contributed by atoms with Gasteiger partial charge in [0, 0.05) is 12.8 Å². The Morgan fingerprint density at radius 2 is 0.982 bits per heavy atom. The van der Waals surface area contributed by atoms with Gasteiger partial charge in [0.15, 0.2) is 12.4 Å². The number of unbranched alkanes of at least 4 members (excludes halogenated alkanes) is 18. The molecule has 0 radical (unpaired) electrons. The second kappa shape index (κ2) is 37.9. The van der Waals surface area contributed by atoms with E-state index >= 15 is 0 Å². The fourth-order valence-electron chi connectivity index (χ4n) is 6.54. The van der Waals surface area contributed by atoms with Gasteiger partial charge in [-0.1, -0.05) is 140 Å². The molecule has 0 aliphatic carbocycles. The summed E-state index contributed by atoms with van der Waals surface area (Å²) in [6.45, 7) is 3.35. The first-order valence-corrected chi connectivity index (χ1v) is 22.7. The molecule has 0 aromatic rings. The summed E-state index contributed by atoms with van der Waals surface area (Å²) in [4.78, 5) is 25.3. The highest BCUT2D eigenvalue weighted by atomic mass is 16.7. The van der Waals surface area contributed by atoms with Crippen LogP contribution in [0.15, 0.2) is 48.6 Å². The molecule has 0 aromatic heterocycles. The van der Waals surface area contributed by atoms with Crippen molar-refractivity contribution in [1.29, 1.82) is 0 Å². The summed E-state index contributed by atoms with van der Waals surface area (Å²) in [6.07, 6.45) is 36.9. The fourth-order valence-corrected chi connectivity index (χ4v) is 6.54. The third-order valence-electron chi connectivity index (χ3n) is 10.2. The van der Waals surface area contributed by atoms with Crippen molar-refractivity contribution in [3.05, 3.63) is 48.6 Å². The number of rotatable bonds is 37. The molecule has 0 bridgehead atoms. The fraction of sp³-hybridized carbons (Fsp3) is 0.787. The number of carbonyl (C=O) groups is 2. The normalized spacial score (nSPS) is 20.7. The highest BCUT2D eigenvalue weighted by Gasteiger charge is 2.44. The molecule has 1 heterocycles. The predicted molar refractivity (Wildman–Crippen MR) is 229 cm³/mol. The molecule has 1 rings (SSSR count). The topological polar surface area (TPSA) is 152 Å². The SMILES string of the molecule is CCCCC/C=C/C/C=C/CCCCCCCCCC(=O)OC[C@@H](CO[C@H]1O[C@@H](CO)[C@@H](O)C(O)C1O)OC(=O)CCCC/C=C/C/C=C/CCCCCCCC. The molecule has 57 heavy (non-hydrogen) atoms. The zero-order chi connectivity index (χ0) is 41.6. The summed E-state index contributed by atoms with van der Waals surface area (Å²) >= 11 is 0. The van der Waals surface area contributed by atoms with E-state index in [-0.39, 0.29) is 26.1 Å². The van der Waals surface area contributed by atoms with Crippen molar-refractivity contribution in [2.45, 2.75) is 218 Å². The molecule has 1 aliphatic heterocycles. The zero-order valence-electron chi connectivity index (χ0n) is 35.8. The van der Waals surface area contributed by atoms with E-state index in [0.717, 1.165) is 57.8 Å². The van der Waals surface area contributed by atoms with Crippen molar-refractivity contribution in [3.8, 4) is 0 Å². The van der Waals surface area contributed by atoms with Crippen LogP contribution >= 0.6 is 0 Å². The van der Waals surface area contributed by atoms with Crippen LogP contribution in [0.2, 0.25) is 0 Å². The highest BCUT2D eigenvalue weighted by molar-refractivity contribution is 5.70. The van der Waals surface area contributed by atoms with Gasteiger partial charge in [-0.05, 0) is 77.0 Å². The number of carbonyl (C=O) groups excluding carboxylic acids is 2. The number of esters is 2. The van der Waals surface area contributed by atoms with Crippen LogP contribution in [0.3, 0.4) is 0 Å². The highest BCUT2D eigenvalue weighted by Crippen LogP contribution is 2.22. The molecule has 0 spiro atoms. The van der Waals surface area contributed by atoms with Gasteiger partial charge in [-0.25, -0.2) is 0 Å². The second-order valence-electron chi connectivity index (χ2n) is 15.5. The number of allylic oxidation sites excluding steroid dienone is 8. The molecule has 6 atom stereocenters. The summed E-state index contributed by atoms with van der Waals surface area (Å²) in [7, 11) is 0. The third-order valence-corrected chi connectivity index (χ3v) is 10.2. The van der Waals surface area contributed by atoms with E-state index in [9.17, 15) is 30.0 Å². The van der Waals surface area contributed by atoms with Crippen LogP contribution in [0.4, 0.5) is 0 Å². The summed E-state index contributed by atoms with van der Waals surface area (Å²) in [6, 6.07) is 0. The van der Waals surface area contributed by atoms with Crippen molar-refractivity contribution < 1.29 is 49.0 Å². The van der Waals surface area contributed by atoms with Crippen molar-refractivity contribution in [2.24, 2.45) is 0 Å². The van der Waals surface area contributed by atoms with Crippen LogP contribution in [0.5, 0.6) is 0 Å². The average molecular weight is 807 g/mol. The first-order valence-electron chi connectivity index (χ1n) is 22.7. The van der Waals surface area contributed by atoms with Gasteiger partial charge >= 0.3 is 11.9 Å². The van der Waals surface area contributed by atoms with Gasteiger partial charge in [-0.15, -0.1) is 0 Å². The summed E-state index contributed by atoms with van der Waals surface area (Å²) in [5.41, 5.74) is 0. The summed E-state index contributed by atoms with van der Waals surface area (Å²) < 4.78 is 22.1. The van der Waals surface area contributed by atoms with E-state index in [2.05, 4.69) is 62.5 Å². The van der Waals surface area contributed by atoms with E-state index in [1.807, 2.05) is 0 Å². The minimum atomic E-state index is -1.60. The Morgan fingerprint density at radius 3 is 1.53 bits per heavy atom. The monoisotopic (exact) mass is 807 g/mol. The predicted octanol–water partition coefficient (Wildman–Crippen LogP) is 9.67. The van der Waals surface area contributed by atoms with E-state index in [1.165, 1.54) is 83.5 Å². The minimum absolute atomic E-state index is 0.185. The Bertz CT molecular complexity index is 1070. The molecule has 10 nitrogen and oxygen atoms in total. The van der Waals surface area contributed by atoms with E-state index in [4.69, 9.17) is 18.9 Å². The molecule has 10 heteroatoms. The minimum Gasteiger partial charge on any atom is -0.462 e. The maximum Gasteiger partial charge on any atom is 0.306 e. The van der Waals surface area contributed by atoms with Crippen LogP contribution in [0, 0.1) is 0 Å².